The predicted molar refractivity (Wildman–Crippen MR) is 145 cm³/mol. The third-order valence-electron chi connectivity index (χ3n) is 12.8. The fourth-order valence-electron chi connectivity index (χ4n) is 11.2. The van der Waals surface area contributed by atoms with E-state index in [0.717, 1.165) is 50.5 Å². The summed E-state index contributed by atoms with van der Waals surface area (Å²) in [7, 11) is 0. The number of ether oxygens (including phenoxy) is 3. The van der Waals surface area contributed by atoms with E-state index >= 15 is 0 Å². The van der Waals surface area contributed by atoms with Crippen molar-refractivity contribution in [2.45, 2.75) is 115 Å². The van der Waals surface area contributed by atoms with E-state index in [4.69, 9.17) is 14.2 Å². The van der Waals surface area contributed by atoms with Crippen LogP contribution in [0.1, 0.15) is 97.3 Å². The molecule has 3 heterocycles. The van der Waals surface area contributed by atoms with Gasteiger partial charge in [0.1, 0.15) is 18.3 Å². The second-order valence-electron chi connectivity index (χ2n) is 14.2. The van der Waals surface area contributed by atoms with Crippen LogP contribution in [0.15, 0.2) is 23.5 Å². The van der Waals surface area contributed by atoms with E-state index in [1.54, 1.807) is 6.08 Å². The van der Waals surface area contributed by atoms with Gasteiger partial charge in [-0.2, -0.15) is 0 Å². The Hall–Kier alpha value is -2.30. The molecule has 0 amide bonds. The van der Waals surface area contributed by atoms with Crippen molar-refractivity contribution in [2.24, 2.45) is 27.1 Å². The summed E-state index contributed by atoms with van der Waals surface area (Å²) < 4.78 is 18.9. The molecule has 4 aliphatic carbocycles. The topological polar surface area (TPSA) is 102 Å². The Morgan fingerprint density at radius 3 is 2.62 bits per heavy atom. The van der Waals surface area contributed by atoms with E-state index in [9.17, 15) is 19.8 Å². The van der Waals surface area contributed by atoms with Gasteiger partial charge in [-0.3, -0.25) is 4.79 Å². The number of carbonyl (C=O) groups excluding carboxylic acids is 2. The van der Waals surface area contributed by atoms with Gasteiger partial charge in [0.05, 0.1) is 41.6 Å². The maximum absolute atomic E-state index is 13.3. The minimum Gasteiger partial charge on any atom is -0.492 e. The molecule has 7 aliphatic rings. The minimum absolute atomic E-state index is 0.0817. The molecule has 0 unspecified atom stereocenters. The Bertz CT molecular complexity index is 1260. The first-order valence-corrected chi connectivity index (χ1v) is 15.4. The maximum Gasteiger partial charge on any atom is 0.331 e. The molecule has 7 heteroatoms. The summed E-state index contributed by atoms with van der Waals surface area (Å²) in [6.07, 6.45) is 12.0. The van der Waals surface area contributed by atoms with E-state index in [0.29, 0.717) is 32.1 Å². The number of hydrogen-bond acceptors (Lipinski definition) is 7. The number of carbonyl (C=O) groups is 2. The van der Waals surface area contributed by atoms with E-state index in [1.807, 2.05) is 6.26 Å². The second-order valence-corrected chi connectivity index (χ2v) is 14.2. The number of aliphatic hydroxyl groups excluding tert-OH is 2. The molecule has 7 nitrogen and oxygen atoms in total. The first-order chi connectivity index (χ1) is 19.1. The summed E-state index contributed by atoms with van der Waals surface area (Å²) in [4.78, 5) is 25.3. The van der Waals surface area contributed by atoms with Crippen LogP contribution in [0.25, 0.3) is 0 Å². The second kappa shape index (κ2) is 8.61. The largest absolute Gasteiger partial charge is 0.492 e. The highest BCUT2D eigenvalue weighted by molar-refractivity contribution is 5.85. The predicted octanol–water partition coefficient (Wildman–Crippen LogP) is 4.50. The van der Waals surface area contributed by atoms with Gasteiger partial charge in [0.15, 0.2) is 0 Å². The molecule has 4 bridgehead atoms. The van der Waals surface area contributed by atoms with Crippen LogP contribution >= 0.6 is 0 Å². The lowest BCUT2D eigenvalue weighted by Crippen LogP contribution is -2.85. The van der Waals surface area contributed by atoms with Gasteiger partial charge < -0.3 is 24.4 Å². The summed E-state index contributed by atoms with van der Waals surface area (Å²) in [6.45, 7) is 4.35. The molecule has 0 aromatic carbocycles. The molecule has 216 valence electrons. The Kier molecular flexibility index (Phi) is 5.72. The molecule has 0 aromatic heterocycles. The molecule has 0 radical (unpaired) electrons. The van der Waals surface area contributed by atoms with Gasteiger partial charge in [-0.05, 0) is 80.3 Å². The fourth-order valence-corrected chi connectivity index (χ4v) is 11.2. The SMILES string of the molecule is C[C@]12CC[C@H](O)[C@]3(CO)[C@]4(CCC5=CC(=O)OC5)OC=C(C5(CCCC5)CC1)[C@]23[C@H]1C[C@]4(C)C#CCCC(=O)O1. The van der Waals surface area contributed by atoms with Gasteiger partial charge in [0, 0.05) is 18.9 Å². The highest BCUT2D eigenvalue weighted by Crippen LogP contribution is 2.83. The van der Waals surface area contributed by atoms with Crippen LogP contribution in [0, 0.1) is 38.9 Å². The van der Waals surface area contributed by atoms with Crippen molar-refractivity contribution in [2.75, 3.05) is 13.2 Å². The third kappa shape index (κ3) is 2.95. The molecule has 3 aliphatic heterocycles. The standard InChI is InChI=1S/C33H42O7/c1-28-13-9-24(35)31(21-34)32(14-8-22-17-27(37)38-19-22)29(2)10-4-3-7-26(36)40-25(18-29)33(28,31)23(20-39-32)30(16-15-28)11-5-6-12-30/h17,20,24-25,34-35H,3,5-9,11-16,18-19,21H2,1-2H3/t24-,25+,28-,29-,31+,32+,33-/m0/s1. The fraction of sp³-hybridized carbons (Fsp3) is 0.758. The molecule has 2 N–H and O–H groups in total. The van der Waals surface area contributed by atoms with Gasteiger partial charge in [-0.15, -0.1) is 5.92 Å². The summed E-state index contributed by atoms with van der Waals surface area (Å²) >= 11 is 0. The van der Waals surface area contributed by atoms with Crippen LogP contribution in [-0.4, -0.2) is 53.2 Å². The summed E-state index contributed by atoms with van der Waals surface area (Å²) in [5.41, 5.74) is -2.15. The molecule has 2 spiro atoms. The monoisotopic (exact) mass is 550 g/mol. The van der Waals surface area contributed by atoms with E-state index < -0.39 is 34.1 Å². The van der Waals surface area contributed by atoms with Crippen molar-refractivity contribution >= 4 is 11.9 Å². The Morgan fingerprint density at radius 1 is 1.10 bits per heavy atom. The lowest BCUT2D eigenvalue weighted by molar-refractivity contribution is -0.369. The Morgan fingerprint density at radius 2 is 1.90 bits per heavy atom. The first-order valence-electron chi connectivity index (χ1n) is 15.4. The van der Waals surface area contributed by atoms with Crippen LogP contribution in [-0.2, 0) is 23.8 Å². The number of esters is 2. The van der Waals surface area contributed by atoms with Crippen molar-refractivity contribution in [1.29, 1.82) is 0 Å². The summed E-state index contributed by atoms with van der Waals surface area (Å²) in [5, 5.41) is 24.2. The molecule has 0 aromatic rings. The molecule has 4 fully saturated rings. The van der Waals surface area contributed by atoms with Crippen LogP contribution in [0.4, 0.5) is 0 Å². The van der Waals surface area contributed by atoms with Crippen LogP contribution < -0.4 is 0 Å². The van der Waals surface area contributed by atoms with Crippen LogP contribution in [0.2, 0.25) is 0 Å². The third-order valence-corrected chi connectivity index (χ3v) is 12.8. The highest BCUT2D eigenvalue weighted by Gasteiger charge is 2.87. The summed E-state index contributed by atoms with van der Waals surface area (Å²) in [6, 6.07) is 0. The van der Waals surface area contributed by atoms with Crippen molar-refractivity contribution in [1.82, 2.24) is 0 Å². The molecule has 4 saturated carbocycles. The van der Waals surface area contributed by atoms with Crippen LogP contribution in [0.3, 0.4) is 0 Å². The molecular weight excluding hydrogens is 508 g/mol. The van der Waals surface area contributed by atoms with Crippen molar-refractivity contribution in [3.05, 3.63) is 23.5 Å². The Balaban J connectivity index is 1.54. The van der Waals surface area contributed by atoms with E-state index in [2.05, 4.69) is 25.7 Å². The number of cyclic esters (lactones) is 1. The normalized spacial score (nSPS) is 46.3. The van der Waals surface area contributed by atoms with Gasteiger partial charge >= 0.3 is 11.9 Å². The zero-order valence-corrected chi connectivity index (χ0v) is 23.9. The van der Waals surface area contributed by atoms with Gasteiger partial charge in [0.25, 0.3) is 0 Å². The molecule has 7 rings (SSSR count). The quantitative estimate of drug-likeness (QED) is 0.393. The number of aliphatic hydroxyl groups is 2. The van der Waals surface area contributed by atoms with E-state index in [1.165, 1.54) is 5.57 Å². The number of rotatable bonds is 4. The Labute approximate surface area is 236 Å². The van der Waals surface area contributed by atoms with Gasteiger partial charge in [0.2, 0.25) is 0 Å². The lowest BCUT2D eigenvalue weighted by atomic mass is 9.26. The van der Waals surface area contributed by atoms with Crippen molar-refractivity contribution in [3.63, 3.8) is 0 Å². The molecule has 40 heavy (non-hydrogen) atoms. The minimum atomic E-state index is -1.14. The number of fused-ring (bicyclic) bond motifs is 4. The molecular formula is C33H42O7. The average molecular weight is 551 g/mol. The van der Waals surface area contributed by atoms with Gasteiger partial charge in [-0.1, -0.05) is 25.7 Å². The molecule has 0 saturated heterocycles. The van der Waals surface area contributed by atoms with Crippen molar-refractivity contribution in [3.8, 4) is 11.8 Å². The number of hydrogen-bond donors (Lipinski definition) is 2. The van der Waals surface area contributed by atoms with Gasteiger partial charge in [-0.25, -0.2) is 4.79 Å². The zero-order chi connectivity index (χ0) is 28.0. The summed E-state index contributed by atoms with van der Waals surface area (Å²) in [5.74, 6) is 6.22. The highest BCUT2D eigenvalue weighted by atomic mass is 16.6. The van der Waals surface area contributed by atoms with Crippen molar-refractivity contribution < 1.29 is 34.0 Å². The molecule has 7 atom stereocenters. The van der Waals surface area contributed by atoms with Crippen LogP contribution in [0.5, 0.6) is 0 Å². The first kappa shape index (κ1) is 26.6. The smallest absolute Gasteiger partial charge is 0.331 e. The zero-order valence-electron chi connectivity index (χ0n) is 23.9. The maximum atomic E-state index is 13.3. The van der Waals surface area contributed by atoms with E-state index in [-0.39, 0.29) is 42.4 Å². The average Bonchev–Trinajstić information content (AvgIpc) is 3.59. The lowest BCUT2D eigenvalue weighted by Gasteiger charge is -2.80.